The molecule has 0 spiro atoms. The maximum Gasteiger partial charge on any atom is 0.327 e. The van der Waals surface area contributed by atoms with Crippen molar-refractivity contribution >= 4 is 107 Å². The van der Waals surface area contributed by atoms with Gasteiger partial charge in [-0.05, 0) is 56.2 Å². The summed E-state index contributed by atoms with van der Waals surface area (Å²) >= 11 is 8.25. The van der Waals surface area contributed by atoms with Gasteiger partial charge >= 0.3 is 5.97 Å². The van der Waals surface area contributed by atoms with E-state index in [1.165, 1.54) is 13.8 Å². The number of hydrogen-bond acceptors (Lipinski definition) is 15. The van der Waals surface area contributed by atoms with Crippen LogP contribution < -0.4 is 82.7 Å². The lowest BCUT2D eigenvalue weighted by molar-refractivity contribution is -0.141. The zero-order chi connectivity index (χ0) is 59.5. The predicted molar refractivity (Wildman–Crippen MR) is 307 cm³/mol. The van der Waals surface area contributed by atoms with Gasteiger partial charge in [-0.25, -0.2) is 4.79 Å². The quantitative estimate of drug-likeness (QED) is 0.0115. The number of guanidine groups is 3. The molecule has 80 heavy (non-hydrogen) atoms. The largest absolute Gasteiger partial charge is 0.480 e. The van der Waals surface area contributed by atoms with Crippen molar-refractivity contribution in [2.75, 3.05) is 31.1 Å². The van der Waals surface area contributed by atoms with Crippen molar-refractivity contribution < 1.29 is 48.3 Å². The van der Waals surface area contributed by atoms with Crippen molar-refractivity contribution in [1.82, 2.24) is 47.5 Å². The summed E-state index contributed by atoms with van der Waals surface area (Å²) in [6, 6.07) is 3.40. The molecule has 0 radical (unpaired) electrons. The highest BCUT2D eigenvalue weighted by Crippen LogP contribution is 2.20. The number of aliphatic imine (C=N–C) groups is 3. The topological polar surface area (TPSA) is 505 Å². The molecule has 0 aliphatic rings. The number of nitrogens with one attached hydrogen (secondary N) is 9. The van der Waals surface area contributed by atoms with E-state index in [1.54, 1.807) is 60.8 Å². The summed E-state index contributed by atoms with van der Waals surface area (Å²) in [7, 11) is 0. The van der Waals surface area contributed by atoms with Gasteiger partial charge in [0.25, 0.3) is 0 Å². The molecule has 29 nitrogen and oxygen atoms in total. The summed E-state index contributed by atoms with van der Waals surface area (Å²) in [5, 5.41) is 31.1. The van der Waals surface area contributed by atoms with E-state index in [2.05, 4.69) is 87.8 Å². The molecule has 9 atom stereocenters. The first kappa shape index (κ1) is 66.0. The minimum atomic E-state index is -1.64. The number of rotatable bonds is 34. The molecule has 8 amide bonds. The molecule has 3 rings (SSSR count). The second-order valence-electron chi connectivity index (χ2n) is 18.5. The number of nitrogens with zero attached hydrogens (tertiary/aromatic N) is 3. The monoisotopic (exact) mass is 1150 g/mol. The number of aliphatic carboxylic acids is 1. The number of aromatic amines is 1. The van der Waals surface area contributed by atoms with Gasteiger partial charge < -0.3 is 92.8 Å². The Hall–Kier alpha value is -8.32. The van der Waals surface area contributed by atoms with E-state index in [-0.39, 0.29) is 81.1 Å². The molecule has 31 heteroatoms. The number of fused-ring (bicyclic) bond motifs is 1. The van der Waals surface area contributed by atoms with Gasteiger partial charge in [0.05, 0.1) is 18.6 Å². The number of carbonyl (C=O) groups is 9. The van der Waals surface area contributed by atoms with Crippen LogP contribution in [0.2, 0.25) is 0 Å². The van der Waals surface area contributed by atoms with Crippen LogP contribution >= 0.6 is 25.3 Å². The highest BCUT2D eigenvalue weighted by Gasteiger charge is 2.35. The number of H-pyrrole nitrogens is 1. The summed E-state index contributed by atoms with van der Waals surface area (Å²) in [5.74, 6) is -9.26. The van der Waals surface area contributed by atoms with E-state index in [1.807, 2.05) is 0 Å². The first-order valence-electron chi connectivity index (χ1n) is 25.3. The molecular formula is C49H75N19O10S2. The number of hydrogen-bond donors (Lipinski definition) is 19. The first-order chi connectivity index (χ1) is 37.9. The highest BCUT2D eigenvalue weighted by molar-refractivity contribution is 7.80. The van der Waals surface area contributed by atoms with Crippen LogP contribution in [0, 0.1) is 0 Å². The van der Waals surface area contributed by atoms with E-state index in [0.717, 1.165) is 0 Å². The van der Waals surface area contributed by atoms with Crippen LogP contribution in [0.1, 0.15) is 57.1 Å². The van der Waals surface area contributed by atoms with Gasteiger partial charge in [0, 0.05) is 61.5 Å². The SMILES string of the molecule is CC(=O)NC(CN=C(N)N)C[C@H](NC(=O)[C@@H](Cc1ccccc1)NC(=O)[C@H](CCCN=C(N)N)NC(=O)[C@@H](C)NC(=O)[C@H](CS)NC(=O)[C@@H](N)CCCN=C(N)N)C(=O)N[C@H](Cc1c[nH]c2ccccc12)C(=O)N[C@@H](CS)C(=O)O. The highest BCUT2D eigenvalue weighted by atomic mass is 32.1. The van der Waals surface area contributed by atoms with Gasteiger partial charge in [0.1, 0.15) is 42.3 Å². The minimum Gasteiger partial charge on any atom is -0.480 e. The zero-order valence-electron chi connectivity index (χ0n) is 44.4. The number of carbonyl (C=O) groups excluding carboxylic acids is 8. The lowest BCUT2D eigenvalue weighted by Crippen LogP contribution is -2.61. The van der Waals surface area contributed by atoms with Crippen LogP contribution in [0.5, 0.6) is 0 Å². The summed E-state index contributed by atoms with van der Waals surface area (Å²) < 4.78 is 0. The summed E-state index contributed by atoms with van der Waals surface area (Å²) in [5.41, 5.74) is 40.8. The third-order valence-electron chi connectivity index (χ3n) is 11.9. The Labute approximate surface area is 472 Å². The summed E-state index contributed by atoms with van der Waals surface area (Å²) in [6.07, 6.45) is 1.39. The van der Waals surface area contributed by atoms with Gasteiger partial charge in [-0.3, -0.25) is 53.3 Å². The van der Waals surface area contributed by atoms with Gasteiger partial charge in [-0.1, -0.05) is 48.5 Å². The van der Waals surface area contributed by atoms with Gasteiger partial charge in [0.2, 0.25) is 47.3 Å². The summed E-state index contributed by atoms with van der Waals surface area (Å²) in [4.78, 5) is 137. The lowest BCUT2D eigenvalue weighted by atomic mass is 10.0. The van der Waals surface area contributed by atoms with E-state index in [4.69, 9.17) is 40.1 Å². The first-order valence-corrected chi connectivity index (χ1v) is 26.5. The minimum absolute atomic E-state index is 0.0129. The fourth-order valence-electron chi connectivity index (χ4n) is 7.83. The van der Waals surface area contributed by atoms with Crippen LogP contribution in [0.15, 0.2) is 75.8 Å². The van der Waals surface area contributed by atoms with E-state index in [9.17, 15) is 48.3 Å². The molecule has 0 saturated carbocycles. The number of carboxylic acid groups (broad SMARTS) is 1. The molecule has 438 valence electrons. The molecule has 1 unspecified atom stereocenters. The number of para-hydroxylation sites is 1. The van der Waals surface area contributed by atoms with Crippen LogP contribution in [-0.2, 0) is 56.0 Å². The lowest BCUT2D eigenvalue weighted by Gasteiger charge is -2.29. The second kappa shape index (κ2) is 33.9. The number of nitrogens with two attached hydrogens (primary N) is 7. The Bertz CT molecular complexity index is 2680. The van der Waals surface area contributed by atoms with Gasteiger partial charge in [0.15, 0.2) is 17.9 Å². The van der Waals surface area contributed by atoms with E-state index < -0.39 is 114 Å². The van der Waals surface area contributed by atoms with Crippen LogP contribution in [0.25, 0.3) is 10.9 Å². The Morgan fingerprint density at radius 1 is 0.562 bits per heavy atom. The van der Waals surface area contributed by atoms with Crippen molar-refractivity contribution in [3.8, 4) is 0 Å². The Morgan fingerprint density at radius 3 is 1.62 bits per heavy atom. The molecule has 1 aromatic heterocycles. The van der Waals surface area contributed by atoms with Gasteiger partial charge in [-0.2, -0.15) is 25.3 Å². The smallest absolute Gasteiger partial charge is 0.327 e. The fourth-order valence-corrected chi connectivity index (χ4v) is 8.34. The van der Waals surface area contributed by atoms with Crippen LogP contribution in [-0.4, -0.2) is 167 Å². The zero-order valence-corrected chi connectivity index (χ0v) is 46.1. The van der Waals surface area contributed by atoms with E-state index in [0.29, 0.717) is 28.5 Å². The second-order valence-corrected chi connectivity index (χ2v) is 19.2. The van der Waals surface area contributed by atoms with Crippen molar-refractivity contribution in [2.45, 2.75) is 113 Å². The molecule has 0 aliphatic carbocycles. The Balaban J connectivity index is 2.01. The number of carboxylic acids is 1. The number of amides is 8. The van der Waals surface area contributed by atoms with Crippen molar-refractivity contribution in [3.63, 3.8) is 0 Å². The standard InChI is InChI=1S/C49H75N19O10S2/c1-25(61-45(76)37(23-79)67-40(71)31(50)13-8-16-57-47(51)52)39(70)63-33(15-9-17-58-48(53)54)41(72)64-34(18-27-10-4-3-5-11-27)42(73)66-36(20-29(62-26(2)69)22-60-49(55)56)44(75)65-35(43(74)68-38(24-80)46(77)78)19-28-21-59-32-14-7-6-12-30(28)32/h3-7,10-12,14,21,25,29,31,33-38,59,79-80H,8-9,13,15-20,22-24,50H2,1-2H3,(H,61,76)(H,62,69)(H,63,70)(H,64,72)(H,65,75)(H,66,73)(H,67,71)(H,68,74)(H,77,78)(H4,51,52,57)(H4,53,54,58)(H4,55,56,60)/t25-,29?,31+,33+,34-,35-,36+,37+,38+/m1/s1. The van der Waals surface area contributed by atoms with Crippen LogP contribution in [0.3, 0.4) is 0 Å². The number of thiol groups is 2. The van der Waals surface area contributed by atoms with Crippen molar-refractivity contribution in [1.29, 1.82) is 0 Å². The third kappa shape index (κ3) is 23.3. The van der Waals surface area contributed by atoms with Gasteiger partial charge in [-0.15, -0.1) is 0 Å². The number of benzene rings is 2. The Morgan fingerprint density at radius 2 is 1.05 bits per heavy atom. The molecule has 3 aromatic rings. The van der Waals surface area contributed by atoms with Crippen LogP contribution in [0.4, 0.5) is 0 Å². The Kier molecular flexibility index (Phi) is 27.9. The third-order valence-corrected chi connectivity index (χ3v) is 12.7. The van der Waals surface area contributed by atoms with Crippen molar-refractivity contribution in [2.24, 2.45) is 55.1 Å². The molecule has 1 heterocycles. The van der Waals surface area contributed by atoms with Crippen molar-refractivity contribution in [3.05, 3.63) is 71.9 Å². The molecule has 0 bridgehead atoms. The predicted octanol–water partition coefficient (Wildman–Crippen LogP) is -5.09. The maximum atomic E-state index is 14.8. The molecular weight excluding hydrogens is 1080 g/mol. The molecule has 0 fully saturated rings. The van der Waals surface area contributed by atoms with E-state index >= 15 is 0 Å². The molecule has 0 aliphatic heterocycles. The average Bonchev–Trinajstić information content (AvgIpc) is 3.81. The molecule has 0 saturated heterocycles. The molecule has 2 aromatic carbocycles. The summed E-state index contributed by atoms with van der Waals surface area (Å²) in [6.45, 7) is 2.47. The molecule has 24 N–H and O–H groups in total. The maximum absolute atomic E-state index is 14.8. The average molecular weight is 1150 g/mol. The number of aromatic nitrogens is 1. The normalized spacial score (nSPS) is 14.3. The fraction of sp³-hybridized carbons (Fsp3) is 0.469.